The first-order valence-electron chi connectivity index (χ1n) is 6.91. The molecule has 0 aliphatic heterocycles. The standard InChI is InChI=1S/C13H24N2O4/c1-19-9-5-8-14-13(18)15-11(12(16)17)10-6-3-2-4-7-10/h10-11H,2-9H2,1H3,(H,16,17)(H2,14,15,18). The van der Waals surface area contributed by atoms with Gasteiger partial charge in [0.1, 0.15) is 6.04 Å². The van der Waals surface area contributed by atoms with Gasteiger partial charge in [-0.05, 0) is 25.2 Å². The molecule has 0 aromatic carbocycles. The summed E-state index contributed by atoms with van der Waals surface area (Å²) in [5.41, 5.74) is 0. The van der Waals surface area contributed by atoms with Crippen LogP contribution in [-0.2, 0) is 9.53 Å². The second-order valence-corrected chi connectivity index (χ2v) is 4.96. The Morgan fingerprint density at radius 1 is 1.32 bits per heavy atom. The van der Waals surface area contributed by atoms with Crippen LogP contribution < -0.4 is 10.6 Å². The van der Waals surface area contributed by atoms with E-state index in [1.165, 1.54) is 0 Å². The molecule has 0 radical (unpaired) electrons. The van der Waals surface area contributed by atoms with E-state index in [0.717, 1.165) is 32.1 Å². The van der Waals surface area contributed by atoms with Crippen molar-refractivity contribution >= 4 is 12.0 Å². The van der Waals surface area contributed by atoms with Crippen LogP contribution in [0.2, 0.25) is 0 Å². The molecule has 0 aromatic heterocycles. The van der Waals surface area contributed by atoms with Gasteiger partial charge in [-0.2, -0.15) is 0 Å². The molecule has 1 aliphatic rings. The van der Waals surface area contributed by atoms with Crippen molar-refractivity contribution in [3.63, 3.8) is 0 Å². The molecule has 0 spiro atoms. The summed E-state index contributed by atoms with van der Waals surface area (Å²) in [6.07, 6.45) is 5.72. The smallest absolute Gasteiger partial charge is 0.326 e. The Bertz CT molecular complexity index is 290. The van der Waals surface area contributed by atoms with Crippen LogP contribution >= 0.6 is 0 Å². The molecular formula is C13H24N2O4. The Balaban J connectivity index is 2.35. The molecule has 1 fully saturated rings. The minimum absolute atomic E-state index is 0.0518. The number of carboxylic acids is 1. The van der Waals surface area contributed by atoms with Gasteiger partial charge in [-0.25, -0.2) is 9.59 Å². The van der Waals surface area contributed by atoms with Crippen LogP contribution in [0.4, 0.5) is 4.79 Å². The Morgan fingerprint density at radius 3 is 2.58 bits per heavy atom. The number of ether oxygens (including phenoxy) is 1. The Hall–Kier alpha value is -1.30. The first kappa shape index (κ1) is 15.8. The highest BCUT2D eigenvalue weighted by Gasteiger charge is 2.30. The van der Waals surface area contributed by atoms with E-state index in [9.17, 15) is 14.7 Å². The van der Waals surface area contributed by atoms with Crippen molar-refractivity contribution in [3.8, 4) is 0 Å². The first-order valence-corrected chi connectivity index (χ1v) is 6.91. The van der Waals surface area contributed by atoms with Crippen molar-refractivity contribution < 1.29 is 19.4 Å². The number of carbonyl (C=O) groups excluding carboxylic acids is 1. The maximum atomic E-state index is 11.6. The van der Waals surface area contributed by atoms with Gasteiger partial charge in [-0.1, -0.05) is 19.3 Å². The van der Waals surface area contributed by atoms with Crippen molar-refractivity contribution in [2.75, 3.05) is 20.3 Å². The van der Waals surface area contributed by atoms with E-state index in [0.29, 0.717) is 19.6 Å². The third-order valence-corrected chi connectivity index (χ3v) is 3.48. The number of hydrogen-bond acceptors (Lipinski definition) is 3. The molecule has 3 N–H and O–H groups in total. The second kappa shape index (κ2) is 8.74. The van der Waals surface area contributed by atoms with Crippen LogP contribution in [0, 0.1) is 5.92 Å². The molecule has 1 rings (SSSR count). The lowest BCUT2D eigenvalue weighted by atomic mass is 9.84. The average Bonchev–Trinajstić information content (AvgIpc) is 2.41. The number of nitrogens with one attached hydrogen (secondary N) is 2. The van der Waals surface area contributed by atoms with Gasteiger partial charge >= 0.3 is 12.0 Å². The molecule has 19 heavy (non-hydrogen) atoms. The van der Waals surface area contributed by atoms with Gasteiger partial charge in [0, 0.05) is 20.3 Å². The number of rotatable bonds is 7. The van der Waals surface area contributed by atoms with E-state index in [1.54, 1.807) is 7.11 Å². The lowest BCUT2D eigenvalue weighted by Crippen LogP contribution is -2.50. The van der Waals surface area contributed by atoms with Gasteiger partial charge in [-0.3, -0.25) is 0 Å². The van der Waals surface area contributed by atoms with E-state index in [4.69, 9.17) is 4.74 Å². The molecule has 0 heterocycles. The fourth-order valence-electron chi connectivity index (χ4n) is 2.46. The van der Waals surface area contributed by atoms with Crippen molar-refractivity contribution in [2.24, 2.45) is 5.92 Å². The van der Waals surface area contributed by atoms with Gasteiger partial charge in [0.2, 0.25) is 0 Å². The fraction of sp³-hybridized carbons (Fsp3) is 0.846. The number of urea groups is 1. The zero-order valence-electron chi connectivity index (χ0n) is 11.5. The Labute approximate surface area is 113 Å². The normalized spacial score (nSPS) is 17.7. The van der Waals surface area contributed by atoms with Crippen LogP contribution in [0.25, 0.3) is 0 Å². The molecule has 6 nitrogen and oxygen atoms in total. The third-order valence-electron chi connectivity index (χ3n) is 3.48. The molecule has 0 bridgehead atoms. The molecule has 1 unspecified atom stereocenters. The second-order valence-electron chi connectivity index (χ2n) is 4.96. The summed E-state index contributed by atoms with van der Waals surface area (Å²) in [5.74, 6) is -0.894. The van der Waals surface area contributed by atoms with E-state index >= 15 is 0 Å². The van der Waals surface area contributed by atoms with E-state index < -0.39 is 18.0 Å². The zero-order valence-corrected chi connectivity index (χ0v) is 11.5. The van der Waals surface area contributed by atoms with E-state index in [2.05, 4.69) is 10.6 Å². The van der Waals surface area contributed by atoms with E-state index in [-0.39, 0.29) is 5.92 Å². The van der Waals surface area contributed by atoms with Crippen LogP contribution in [0.1, 0.15) is 38.5 Å². The predicted molar refractivity (Wildman–Crippen MR) is 71.0 cm³/mol. The van der Waals surface area contributed by atoms with E-state index in [1.807, 2.05) is 0 Å². The van der Waals surface area contributed by atoms with Crippen LogP contribution in [-0.4, -0.2) is 43.4 Å². The number of aliphatic carboxylic acids is 1. The number of carboxylic acid groups (broad SMARTS) is 1. The van der Waals surface area contributed by atoms with Crippen molar-refractivity contribution in [1.29, 1.82) is 0 Å². The average molecular weight is 272 g/mol. The minimum atomic E-state index is -0.945. The molecule has 1 atom stereocenters. The highest BCUT2D eigenvalue weighted by Crippen LogP contribution is 2.26. The fourth-order valence-corrected chi connectivity index (χ4v) is 2.46. The zero-order chi connectivity index (χ0) is 14.1. The van der Waals surface area contributed by atoms with Gasteiger partial charge in [0.05, 0.1) is 0 Å². The predicted octanol–water partition coefficient (Wildman–Crippen LogP) is 1.36. The molecule has 0 aromatic rings. The Kier molecular flexibility index (Phi) is 7.25. The summed E-state index contributed by atoms with van der Waals surface area (Å²) < 4.78 is 4.87. The quantitative estimate of drug-likeness (QED) is 0.611. The molecule has 1 saturated carbocycles. The minimum Gasteiger partial charge on any atom is -0.480 e. The van der Waals surface area contributed by atoms with Crippen molar-refractivity contribution in [1.82, 2.24) is 10.6 Å². The van der Waals surface area contributed by atoms with Crippen molar-refractivity contribution in [3.05, 3.63) is 0 Å². The summed E-state index contributed by atoms with van der Waals surface area (Å²) >= 11 is 0. The number of amides is 2. The van der Waals surface area contributed by atoms with Crippen molar-refractivity contribution in [2.45, 2.75) is 44.6 Å². The lowest BCUT2D eigenvalue weighted by Gasteiger charge is -2.28. The molecule has 110 valence electrons. The summed E-state index contributed by atoms with van der Waals surface area (Å²) in [7, 11) is 1.60. The van der Waals surface area contributed by atoms with Crippen LogP contribution in [0.15, 0.2) is 0 Å². The lowest BCUT2D eigenvalue weighted by molar-refractivity contribution is -0.141. The number of carbonyl (C=O) groups is 2. The monoisotopic (exact) mass is 272 g/mol. The van der Waals surface area contributed by atoms with Gasteiger partial charge in [-0.15, -0.1) is 0 Å². The SMILES string of the molecule is COCCCNC(=O)NC(C(=O)O)C1CCCCC1. The summed E-state index contributed by atoms with van der Waals surface area (Å²) in [4.78, 5) is 22.9. The van der Waals surface area contributed by atoms with Gasteiger partial charge in [0.15, 0.2) is 0 Å². The molecule has 6 heteroatoms. The summed E-state index contributed by atoms with van der Waals surface area (Å²) in [6, 6.07) is -1.18. The Morgan fingerprint density at radius 2 is 2.00 bits per heavy atom. The number of hydrogen-bond donors (Lipinski definition) is 3. The number of methoxy groups -OCH3 is 1. The topological polar surface area (TPSA) is 87.7 Å². The van der Waals surface area contributed by atoms with Gasteiger partial charge < -0.3 is 20.5 Å². The summed E-state index contributed by atoms with van der Waals surface area (Å²) in [6.45, 7) is 1.06. The first-order chi connectivity index (χ1) is 9.15. The van der Waals surface area contributed by atoms with Crippen LogP contribution in [0.5, 0.6) is 0 Å². The van der Waals surface area contributed by atoms with Crippen LogP contribution in [0.3, 0.4) is 0 Å². The highest BCUT2D eigenvalue weighted by atomic mass is 16.5. The highest BCUT2D eigenvalue weighted by molar-refractivity contribution is 5.82. The largest absolute Gasteiger partial charge is 0.480 e. The maximum absolute atomic E-state index is 11.6. The molecule has 0 saturated heterocycles. The maximum Gasteiger partial charge on any atom is 0.326 e. The third kappa shape index (κ3) is 5.92. The summed E-state index contributed by atoms with van der Waals surface area (Å²) in [5, 5.41) is 14.4. The molecule has 1 aliphatic carbocycles. The molecule has 2 amide bonds. The molecular weight excluding hydrogens is 248 g/mol. The van der Waals surface area contributed by atoms with Gasteiger partial charge in [0.25, 0.3) is 0 Å².